The summed E-state index contributed by atoms with van der Waals surface area (Å²) in [6, 6.07) is 6.42. The molecule has 1 atom stereocenters. The van der Waals surface area contributed by atoms with Gasteiger partial charge in [-0.2, -0.15) is 0 Å². The number of aryl methyl sites for hydroxylation is 1. The Morgan fingerprint density at radius 3 is 2.58 bits per heavy atom. The lowest BCUT2D eigenvalue weighted by atomic mass is 10.1. The summed E-state index contributed by atoms with van der Waals surface area (Å²) in [6.45, 7) is 5.65. The maximum Gasteiger partial charge on any atom is 0.224 e. The zero-order valence-electron chi connectivity index (χ0n) is 12.6. The van der Waals surface area contributed by atoms with E-state index in [9.17, 15) is 4.79 Å². The molecule has 0 aliphatic heterocycles. The molecule has 1 amide bonds. The molecule has 4 nitrogen and oxygen atoms in total. The van der Waals surface area contributed by atoms with Gasteiger partial charge in [0.1, 0.15) is 0 Å². The minimum atomic E-state index is -0.0210. The Bertz CT molecular complexity index is 431. The fraction of sp³-hybridized carbons (Fsp3) is 0.533. The fourth-order valence-corrected chi connectivity index (χ4v) is 2.15. The average molecular weight is 263 g/mol. The van der Waals surface area contributed by atoms with E-state index >= 15 is 0 Å². The number of hydrogen-bond donors (Lipinski definition) is 2. The molecule has 0 spiro atoms. The molecule has 0 aromatic heterocycles. The third-order valence-electron chi connectivity index (χ3n) is 3.38. The molecule has 0 saturated heterocycles. The van der Waals surface area contributed by atoms with E-state index in [1.165, 1.54) is 11.1 Å². The SMILES string of the molecule is CNCc1ccc(N(C)CC(C)C(=O)NC)cc1C. The van der Waals surface area contributed by atoms with Crippen molar-refractivity contribution in [3.05, 3.63) is 29.3 Å². The normalized spacial score (nSPS) is 12.1. The first-order chi connectivity index (χ1) is 8.99. The average Bonchev–Trinajstić information content (AvgIpc) is 2.40. The fourth-order valence-electron chi connectivity index (χ4n) is 2.15. The molecule has 0 saturated carbocycles. The van der Waals surface area contributed by atoms with Crippen LogP contribution in [0, 0.1) is 12.8 Å². The lowest BCUT2D eigenvalue weighted by molar-refractivity contribution is -0.123. The molecule has 1 rings (SSSR count). The standard InChI is InChI=1S/C15H25N3O/c1-11-8-14(7-6-13(11)9-16-3)18(5)10-12(2)15(19)17-4/h6-8,12,16H,9-10H2,1-5H3,(H,17,19). The molecule has 0 bridgehead atoms. The van der Waals surface area contributed by atoms with E-state index in [0.29, 0.717) is 6.54 Å². The summed E-state index contributed by atoms with van der Waals surface area (Å²) in [4.78, 5) is 13.7. The van der Waals surface area contributed by atoms with Crippen molar-refractivity contribution in [2.45, 2.75) is 20.4 Å². The molecule has 1 unspecified atom stereocenters. The third-order valence-corrected chi connectivity index (χ3v) is 3.38. The molecule has 1 aromatic carbocycles. The van der Waals surface area contributed by atoms with Crippen molar-refractivity contribution in [1.29, 1.82) is 0 Å². The Morgan fingerprint density at radius 1 is 1.37 bits per heavy atom. The van der Waals surface area contributed by atoms with E-state index in [2.05, 4.69) is 40.7 Å². The summed E-state index contributed by atoms with van der Waals surface area (Å²) >= 11 is 0. The van der Waals surface area contributed by atoms with Gasteiger partial charge in [0.05, 0.1) is 5.92 Å². The first kappa shape index (κ1) is 15.5. The number of rotatable bonds is 6. The van der Waals surface area contributed by atoms with Gasteiger partial charge >= 0.3 is 0 Å². The smallest absolute Gasteiger partial charge is 0.224 e. The van der Waals surface area contributed by atoms with Crippen LogP contribution in [-0.4, -0.2) is 33.6 Å². The second-order valence-electron chi connectivity index (χ2n) is 5.04. The van der Waals surface area contributed by atoms with Crippen LogP contribution >= 0.6 is 0 Å². The van der Waals surface area contributed by atoms with E-state index in [-0.39, 0.29) is 11.8 Å². The van der Waals surface area contributed by atoms with Crippen LogP contribution in [0.4, 0.5) is 5.69 Å². The molecule has 4 heteroatoms. The lowest BCUT2D eigenvalue weighted by Crippen LogP contribution is -2.34. The van der Waals surface area contributed by atoms with Gasteiger partial charge in [0, 0.05) is 32.9 Å². The van der Waals surface area contributed by atoms with Gasteiger partial charge in [0.2, 0.25) is 5.91 Å². The van der Waals surface area contributed by atoms with Crippen LogP contribution in [0.2, 0.25) is 0 Å². The van der Waals surface area contributed by atoms with Crippen LogP contribution < -0.4 is 15.5 Å². The van der Waals surface area contributed by atoms with E-state index in [4.69, 9.17) is 0 Å². The third kappa shape index (κ3) is 4.24. The Kier molecular flexibility index (Phi) is 5.83. The molecular formula is C15H25N3O. The molecule has 106 valence electrons. The van der Waals surface area contributed by atoms with Gasteiger partial charge in [-0.15, -0.1) is 0 Å². The van der Waals surface area contributed by atoms with Crippen LogP contribution in [0.3, 0.4) is 0 Å². The Hall–Kier alpha value is -1.55. The summed E-state index contributed by atoms with van der Waals surface area (Å²) < 4.78 is 0. The van der Waals surface area contributed by atoms with Gasteiger partial charge in [0.25, 0.3) is 0 Å². The number of carbonyl (C=O) groups excluding carboxylic acids is 1. The number of hydrogen-bond acceptors (Lipinski definition) is 3. The van der Waals surface area contributed by atoms with Crippen LogP contribution in [0.15, 0.2) is 18.2 Å². The lowest BCUT2D eigenvalue weighted by Gasteiger charge is -2.23. The Morgan fingerprint density at radius 2 is 2.05 bits per heavy atom. The summed E-state index contributed by atoms with van der Waals surface area (Å²) in [5.41, 5.74) is 3.72. The molecule has 0 radical (unpaired) electrons. The number of amides is 1. The van der Waals surface area contributed by atoms with Crippen molar-refractivity contribution < 1.29 is 4.79 Å². The van der Waals surface area contributed by atoms with Crippen molar-refractivity contribution in [2.24, 2.45) is 5.92 Å². The first-order valence-corrected chi connectivity index (χ1v) is 6.66. The minimum Gasteiger partial charge on any atom is -0.374 e. The van der Waals surface area contributed by atoms with Gasteiger partial charge < -0.3 is 15.5 Å². The largest absolute Gasteiger partial charge is 0.374 e. The van der Waals surface area contributed by atoms with Gasteiger partial charge in [-0.25, -0.2) is 0 Å². The predicted molar refractivity (Wildman–Crippen MR) is 80.4 cm³/mol. The van der Waals surface area contributed by atoms with Crippen LogP contribution in [0.1, 0.15) is 18.1 Å². The number of carbonyl (C=O) groups is 1. The molecule has 0 heterocycles. The summed E-state index contributed by atoms with van der Waals surface area (Å²) in [5.74, 6) is 0.0580. The highest BCUT2D eigenvalue weighted by Gasteiger charge is 2.14. The van der Waals surface area contributed by atoms with E-state index in [1.807, 2.05) is 21.0 Å². The maximum atomic E-state index is 11.5. The molecule has 0 fully saturated rings. The number of benzene rings is 1. The molecule has 1 aromatic rings. The van der Waals surface area contributed by atoms with Gasteiger partial charge in [-0.1, -0.05) is 13.0 Å². The van der Waals surface area contributed by atoms with Crippen LogP contribution in [0.5, 0.6) is 0 Å². The summed E-state index contributed by atoms with van der Waals surface area (Å²) in [6.07, 6.45) is 0. The first-order valence-electron chi connectivity index (χ1n) is 6.66. The van der Waals surface area contributed by atoms with Crippen LogP contribution in [0.25, 0.3) is 0 Å². The van der Waals surface area contributed by atoms with Crippen molar-refractivity contribution in [3.8, 4) is 0 Å². The predicted octanol–water partition coefficient (Wildman–Crippen LogP) is 1.53. The summed E-state index contributed by atoms with van der Waals surface area (Å²) in [7, 11) is 5.64. The van der Waals surface area contributed by atoms with Gasteiger partial charge in [-0.05, 0) is 37.2 Å². The monoisotopic (exact) mass is 263 g/mol. The number of anilines is 1. The highest BCUT2D eigenvalue weighted by Crippen LogP contribution is 2.19. The second-order valence-corrected chi connectivity index (χ2v) is 5.04. The Balaban J connectivity index is 2.74. The molecule has 19 heavy (non-hydrogen) atoms. The van der Waals surface area contributed by atoms with E-state index in [1.54, 1.807) is 7.05 Å². The highest BCUT2D eigenvalue weighted by molar-refractivity contribution is 5.78. The Labute approximate surface area is 116 Å². The molecular weight excluding hydrogens is 238 g/mol. The number of nitrogens with zero attached hydrogens (tertiary/aromatic N) is 1. The molecule has 0 aliphatic rings. The highest BCUT2D eigenvalue weighted by atomic mass is 16.1. The van der Waals surface area contributed by atoms with Crippen molar-refractivity contribution in [2.75, 3.05) is 32.6 Å². The van der Waals surface area contributed by atoms with Crippen molar-refractivity contribution >= 4 is 11.6 Å². The van der Waals surface area contributed by atoms with Gasteiger partial charge in [-0.3, -0.25) is 4.79 Å². The van der Waals surface area contributed by atoms with Crippen molar-refractivity contribution in [3.63, 3.8) is 0 Å². The number of nitrogens with one attached hydrogen (secondary N) is 2. The second kappa shape index (κ2) is 7.14. The minimum absolute atomic E-state index is 0.0210. The molecule has 2 N–H and O–H groups in total. The maximum absolute atomic E-state index is 11.5. The zero-order valence-corrected chi connectivity index (χ0v) is 12.6. The topological polar surface area (TPSA) is 44.4 Å². The van der Waals surface area contributed by atoms with Gasteiger partial charge in [0.15, 0.2) is 0 Å². The quantitative estimate of drug-likeness (QED) is 0.818. The van der Waals surface area contributed by atoms with Crippen LogP contribution in [-0.2, 0) is 11.3 Å². The summed E-state index contributed by atoms with van der Waals surface area (Å²) in [5, 5.41) is 5.85. The molecule has 0 aliphatic carbocycles. The van der Waals surface area contributed by atoms with E-state index in [0.717, 1.165) is 12.2 Å². The van der Waals surface area contributed by atoms with E-state index < -0.39 is 0 Å². The zero-order chi connectivity index (χ0) is 14.4. The van der Waals surface area contributed by atoms with Crippen molar-refractivity contribution in [1.82, 2.24) is 10.6 Å².